The summed E-state index contributed by atoms with van der Waals surface area (Å²) in [5.41, 5.74) is 0. The fraction of sp³-hybridized carbons (Fsp3) is 1.00. The van der Waals surface area contributed by atoms with Crippen molar-refractivity contribution in [2.45, 2.75) is 13.2 Å². The van der Waals surface area contributed by atoms with E-state index >= 15 is 0 Å². The Balaban J connectivity index is -0.000000125. The van der Waals surface area contributed by atoms with E-state index in [0.29, 0.717) is 0 Å². The van der Waals surface area contributed by atoms with Crippen LogP contribution in [0.1, 0.15) is 6.92 Å². The van der Waals surface area contributed by atoms with Gasteiger partial charge in [0.15, 0.2) is 6.29 Å². The summed E-state index contributed by atoms with van der Waals surface area (Å²) >= 11 is 0. The molecule has 0 aliphatic heterocycles. The second kappa shape index (κ2) is 10.9. The molecule has 8 heavy (non-hydrogen) atoms. The smallest absolute Gasteiger partial charge is 0.154 e. The third-order valence-electron chi connectivity index (χ3n) is 0.664. The summed E-state index contributed by atoms with van der Waals surface area (Å²) < 4.78 is 9.35. The monoisotopic (exact) mass is 230 g/mol. The van der Waals surface area contributed by atoms with E-state index in [1.165, 1.54) is 0 Å². The molecule has 2 nitrogen and oxygen atoms in total. The number of rotatable bonds is 2. The van der Waals surface area contributed by atoms with Crippen LogP contribution in [0.3, 0.4) is 0 Å². The number of hydrogen-bond donors (Lipinski definition) is 0. The maximum atomic E-state index is 4.68. The Morgan fingerprint density at radius 3 is 1.38 bits per heavy atom. The Morgan fingerprint density at radius 1 is 1.12 bits per heavy atom. The van der Waals surface area contributed by atoms with Crippen LogP contribution in [-0.4, -0.2) is 20.5 Å². The van der Waals surface area contributed by atoms with Crippen LogP contribution in [0.25, 0.3) is 0 Å². The van der Waals surface area contributed by atoms with Gasteiger partial charge in [0.25, 0.3) is 0 Å². The molecule has 0 amide bonds. The molecule has 56 valence electrons. The zero-order valence-corrected chi connectivity index (χ0v) is 8.39. The molecule has 0 fully saturated rings. The fourth-order valence-corrected chi connectivity index (χ4v) is 0.0962. The van der Waals surface area contributed by atoms with Crippen LogP contribution in [0, 0.1) is 0 Å². The van der Waals surface area contributed by atoms with E-state index in [1.54, 1.807) is 14.2 Å². The van der Waals surface area contributed by atoms with Gasteiger partial charge in [-0.1, -0.05) is 0 Å². The second-order valence-corrected chi connectivity index (χ2v) is 1.04. The summed E-state index contributed by atoms with van der Waals surface area (Å²) in [5, 5.41) is 0. The van der Waals surface area contributed by atoms with Gasteiger partial charge in [0.1, 0.15) is 0 Å². The molecule has 0 aliphatic carbocycles. The zero-order valence-electron chi connectivity index (χ0n) is 5.42. The van der Waals surface area contributed by atoms with Crippen LogP contribution >= 0.6 is 9.90 Å². The molecule has 0 radical (unpaired) electrons. The molecule has 0 saturated carbocycles. The molecule has 0 aromatic heterocycles. The molecular formula is C4H13O2PPd. The van der Waals surface area contributed by atoms with Crippen LogP contribution in [0.2, 0.25) is 0 Å². The molecule has 0 aromatic carbocycles. The topological polar surface area (TPSA) is 18.5 Å². The normalized spacial score (nSPS) is 7.50. The quantitative estimate of drug-likeness (QED) is 0.395. The summed E-state index contributed by atoms with van der Waals surface area (Å²) in [6.45, 7) is 1.83. The van der Waals surface area contributed by atoms with Crippen molar-refractivity contribution in [2.24, 2.45) is 0 Å². The summed E-state index contributed by atoms with van der Waals surface area (Å²) in [6.07, 6.45) is -0.0648. The van der Waals surface area contributed by atoms with E-state index in [9.17, 15) is 0 Å². The first-order chi connectivity index (χ1) is 2.81. The van der Waals surface area contributed by atoms with E-state index in [2.05, 4.69) is 9.47 Å². The second-order valence-electron chi connectivity index (χ2n) is 1.04. The average molecular weight is 231 g/mol. The van der Waals surface area contributed by atoms with Gasteiger partial charge in [0, 0.05) is 34.6 Å². The van der Waals surface area contributed by atoms with Gasteiger partial charge in [-0.25, -0.2) is 0 Å². The number of methoxy groups -OCH3 is 2. The van der Waals surface area contributed by atoms with E-state index in [1.807, 2.05) is 6.92 Å². The fourth-order valence-electron chi connectivity index (χ4n) is 0.0962. The van der Waals surface area contributed by atoms with Crippen molar-refractivity contribution in [3.63, 3.8) is 0 Å². The summed E-state index contributed by atoms with van der Waals surface area (Å²) in [6, 6.07) is 0. The van der Waals surface area contributed by atoms with E-state index < -0.39 is 0 Å². The van der Waals surface area contributed by atoms with E-state index in [-0.39, 0.29) is 36.6 Å². The summed E-state index contributed by atoms with van der Waals surface area (Å²) in [7, 11) is 3.21. The van der Waals surface area contributed by atoms with Crippen molar-refractivity contribution >= 4 is 9.90 Å². The van der Waals surface area contributed by atoms with Gasteiger partial charge < -0.3 is 9.47 Å². The van der Waals surface area contributed by atoms with Gasteiger partial charge in [-0.15, -0.1) is 0 Å². The van der Waals surface area contributed by atoms with Gasteiger partial charge in [-0.2, -0.15) is 9.90 Å². The predicted molar refractivity (Wildman–Crippen MR) is 34.6 cm³/mol. The third kappa shape index (κ3) is 10.1. The first kappa shape index (κ1) is 16.0. The molecule has 0 spiro atoms. The minimum atomic E-state index is -0.0648. The Hall–Kier alpha value is 1.01. The van der Waals surface area contributed by atoms with Crippen LogP contribution in [0.4, 0.5) is 0 Å². The molecular weight excluding hydrogens is 217 g/mol. The first-order valence-electron chi connectivity index (χ1n) is 1.87. The van der Waals surface area contributed by atoms with Gasteiger partial charge in [-0.05, 0) is 6.92 Å². The first-order valence-corrected chi connectivity index (χ1v) is 1.87. The third-order valence-corrected chi connectivity index (χ3v) is 0.664. The van der Waals surface area contributed by atoms with E-state index in [4.69, 9.17) is 0 Å². The van der Waals surface area contributed by atoms with Gasteiger partial charge in [-0.3, -0.25) is 0 Å². The number of ether oxygens (including phenoxy) is 2. The maximum Gasteiger partial charge on any atom is 0.154 e. The molecule has 0 bridgehead atoms. The predicted octanol–water partition coefficient (Wildman–Crippen LogP) is 0.681. The molecule has 0 heterocycles. The van der Waals surface area contributed by atoms with Crippen molar-refractivity contribution < 1.29 is 29.9 Å². The zero-order chi connectivity index (χ0) is 4.99. The van der Waals surface area contributed by atoms with Crippen LogP contribution < -0.4 is 0 Å². The van der Waals surface area contributed by atoms with Crippen LogP contribution in [-0.2, 0) is 29.9 Å². The largest absolute Gasteiger partial charge is 0.356 e. The minimum absolute atomic E-state index is 0. The number of hydrogen-bond acceptors (Lipinski definition) is 2. The summed E-state index contributed by atoms with van der Waals surface area (Å²) in [5.74, 6) is 0. The Bertz CT molecular complexity index is 33.2. The molecule has 0 aromatic rings. The Labute approximate surface area is 67.6 Å². The van der Waals surface area contributed by atoms with Crippen molar-refractivity contribution in [1.82, 2.24) is 0 Å². The SMILES string of the molecule is COC(C)OC.P.[Pd]. The van der Waals surface area contributed by atoms with Crippen molar-refractivity contribution in [2.75, 3.05) is 14.2 Å². The average Bonchev–Trinajstić information content (AvgIpc) is 1.65. The van der Waals surface area contributed by atoms with Gasteiger partial charge >= 0.3 is 0 Å². The van der Waals surface area contributed by atoms with Crippen molar-refractivity contribution in [1.29, 1.82) is 0 Å². The minimum Gasteiger partial charge on any atom is -0.356 e. The summed E-state index contributed by atoms with van der Waals surface area (Å²) in [4.78, 5) is 0. The Morgan fingerprint density at radius 2 is 1.38 bits per heavy atom. The maximum absolute atomic E-state index is 4.68. The van der Waals surface area contributed by atoms with Gasteiger partial charge in [0.2, 0.25) is 0 Å². The van der Waals surface area contributed by atoms with Crippen LogP contribution in [0.15, 0.2) is 0 Å². The Kier molecular flexibility index (Phi) is 21.8. The van der Waals surface area contributed by atoms with E-state index in [0.717, 1.165) is 0 Å². The molecule has 0 aliphatic rings. The van der Waals surface area contributed by atoms with Crippen LogP contribution in [0.5, 0.6) is 0 Å². The molecule has 0 N–H and O–H groups in total. The molecule has 1 unspecified atom stereocenters. The molecule has 0 rings (SSSR count). The van der Waals surface area contributed by atoms with Crippen molar-refractivity contribution in [3.05, 3.63) is 0 Å². The molecule has 1 atom stereocenters. The standard InChI is InChI=1S/C4H10O2.H3P.Pd/c1-4(5-2)6-3;;/h4H,1-3H3;1H3;. The molecule has 0 saturated heterocycles. The molecule has 4 heteroatoms. The van der Waals surface area contributed by atoms with Crippen molar-refractivity contribution in [3.8, 4) is 0 Å². The van der Waals surface area contributed by atoms with Gasteiger partial charge in [0.05, 0.1) is 0 Å².